The number of carbonyl (C=O) groups is 2. The van der Waals surface area contributed by atoms with E-state index in [0.717, 1.165) is 5.56 Å². The molecule has 0 N–H and O–H groups in total. The van der Waals surface area contributed by atoms with E-state index >= 15 is 0 Å². The van der Waals surface area contributed by atoms with Crippen molar-refractivity contribution in [3.63, 3.8) is 0 Å². The minimum atomic E-state index is -1.12. The number of hydrogen-bond acceptors (Lipinski definition) is 6. The van der Waals surface area contributed by atoms with Crippen LogP contribution in [0.1, 0.15) is 25.7 Å². The average molecular weight is 294 g/mol. The summed E-state index contributed by atoms with van der Waals surface area (Å²) < 4.78 is 20.9. The second-order valence-electron chi connectivity index (χ2n) is 4.36. The van der Waals surface area contributed by atoms with Crippen LogP contribution in [0.25, 0.3) is 0 Å². The van der Waals surface area contributed by atoms with Crippen LogP contribution in [0.4, 0.5) is 0 Å². The minimum absolute atomic E-state index is 0.199. The third-order valence-electron chi connectivity index (χ3n) is 2.92. The predicted molar refractivity (Wildman–Crippen MR) is 72.2 cm³/mol. The van der Waals surface area contributed by atoms with Crippen LogP contribution >= 0.6 is 0 Å². The maximum Gasteiger partial charge on any atom is 0.338 e. The van der Waals surface area contributed by atoms with Gasteiger partial charge in [0.05, 0.1) is 13.2 Å². The standard InChI is InChI=1S/C15H18O6/c1-3-18-13(16)11-12(14(17)19-4-2)21-15(20-11)10-8-6-5-7-9-10/h5-9,11-12,15H,3-4H2,1-2H3/t11-,12-/m0/s1. The molecule has 0 amide bonds. The van der Waals surface area contributed by atoms with E-state index in [-0.39, 0.29) is 13.2 Å². The lowest BCUT2D eigenvalue weighted by Gasteiger charge is -2.13. The number of hydrogen-bond donors (Lipinski definition) is 0. The highest BCUT2D eigenvalue weighted by atomic mass is 16.8. The van der Waals surface area contributed by atoms with Crippen molar-refractivity contribution in [3.8, 4) is 0 Å². The third-order valence-corrected chi connectivity index (χ3v) is 2.92. The summed E-state index contributed by atoms with van der Waals surface area (Å²) in [6, 6.07) is 9.07. The van der Waals surface area contributed by atoms with Gasteiger partial charge in [-0.2, -0.15) is 0 Å². The molecule has 1 fully saturated rings. The van der Waals surface area contributed by atoms with E-state index in [4.69, 9.17) is 18.9 Å². The van der Waals surface area contributed by atoms with E-state index < -0.39 is 30.4 Å². The first-order chi connectivity index (χ1) is 10.2. The largest absolute Gasteiger partial charge is 0.464 e. The summed E-state index contributed by atoms with van der Waals surface area (Å²) in [6.07, 6.45) is -3.03. The van der Waals surface area contributed by atoms with E-state index in [1.807, 2.05) is 18.2 Å². The zero-order valence-electron chi connectivity index (χ0n) is 12.0. The van der Waals surface area contributed by atoms with Crippen molar-refractivity contribution in [1.82, 2.24) is 0 Å². The van der Waals surface area contributed by atoms with Gasteiger partial charge in [-0.15, -0.1) is 0 Å². The van der Waals surface area contributed by atoms with Gasteiger partial charge >= 0.3 is 11.9 Å². The molecule has 6 heteroatoms. The first kappa shape index (κ1) is 15.5. The monoisotopic (exact) mass is 294 g/mol. The molecule has 1 saturated heterocycles. The van der Waals surface area contributed by atoms with Gasteiger partial charge in [0.2, 0.25) is 0 Å². The molecule has 2 atom stereocenters. The minimum Gasteiger partial charge on any atom is -0.464 e. The lowest BCUT2D eigenvalue weighted by molar-refractivity contribution is -0.163. The summed E-state index contributed by atoms with van der Waals surface area (Å²) >= 11 is 0. The second-order valence-corrected chi connectivity index (χ2v) is 4.36. The molecule has 0 radical (unpaired) electrons. The Bertz CT molecular complexity index is 460. The number of carbonyl (C=O) groups excluding carboxylic acids is 2. The Kier molecular flexibility index (Phi) is 5.30. The predicted octanol–water partition coefficient (Wildman–Crippen LogP) is 1.60. The molecule has 0 spiro atoms. The van der Waals surface area contributed by atoms with Gasteiger partial charge in [-0.25, -0.2) is 9.59 Å². The van der Waals surface area contributed by atoms with Gasteiger partial charge in [-0.05, 0) is 13.8 Å². The van der Waals surface area contributed by atoms with Gasteiger partial charge in [-0.1, -0.05) is 30.3 Å². The molecule has 0 aromatic heterocycles. The molecule has 0 unspecified atom stereocenters. The Balaban J connectivity index is 2.16. The first-order valence-electron chi connectivity index (χ1n) is 6.86. The zero-order valence-corrected chi connectivity index (χ0v) is 12.0. The summed E-state index contributed by atoms with van der Waals surface area (Å²) in [7, 11) is 0. The quantitative estimate of drug-likeness (QED) is 0.768. The summed E-state index contributed by atoms with van der Waals surface area (Å²) in [5.41, 5.74) is 0.721. The van der Waals surface area contributed by atoms with Gasteiger partial charge in [-0.3, -0.25) is 0 Å². The van der Waals surface area contributed by atoms with E-state index in [1.165, 1.54) is 0 Å². The first-order valence-corrected chi connectivity index (χ1v) is 6.86. The van der Waals surface area contributed by atoms with E-state index in [1.54, 1.807) is 26.0 Å². The lowest BCUT2D eigenvalue weighted by atomic mass is 10.2. The number of benzene rings is 1. The fraction of sp³-hybridized carbons (Fsp3) is 0.467. The Labute approximate surface area is 122 Å². The smallest absolute Gasteiger partial charge is 0.338 e. The molecule has 2 rings (SSSR count). The van der Waals surface area contributed by atoms with Gasteiger partial charge in [0.1, 0.15) is 0 Å². The number of rotatable bonds is 5. The van der Waals surface area contributed by atoms with Crippen LogP contribution in [0, 0.1) is 0 Å². The van der Waals surface area contributed by atoms with Crippen LogP contribution in [-0.2, 0) is 28.5 Å². The van der Waals surface area contributed by atoms with Crippen molar-refractivity contribution in [3.05, 3.63) is 35.9 Å². The van der Waals surface area contributed by atoms with Crippen molar-refractivity contribution in [1.29, 1.82) is 0 Å². The number of esters is 2. The fourth-order valence-corrected chi connectivity index (χ4v) is 2.02. The summed E-state index contributed by atoms with van der Waals surface area (Å²) in [6.45, 7) is 3.76. The lowest BCUT2D eigenvalue weighted by Crippen LogP contribution is -2.39. The van der Waals surface area contributed by atoms with Crippen molar-refractivity contribution in [2.75, 3.05) is 13.2 Å². The summed E-state index contributed by atoms with van der Waals surface area (Å²) in [5.74, 6) is -1.26. The Morgan fingerprint density at radius 3 is 1.86 bits per heavy atom. The van der Waals surface area contributed by atoms with E-state index in [2.05, 4.69) is 0 Å². The van der Waals surface area contributed by atoms with Gasteiger partial charge < -0.3 is 18.9 Å². The third kappa shape index (κ3) is 3.59. The van der Waals surface area contributed by atoms with Gasteiger partial charge in [0.25, 0.3) is 0 Å². The average Bonchev–Trinajstić information content (AvgIpc) is 2.94. The molecule has 1 aromatic rings. The SMILES string of the molecule is CCOC(=O)[C@H]1OC(c2ccccc2)O[C@@H]1C(=O)OCC. The fourth-order valence-electron chi connectivity index (χ4n) is 2.02. The molecular formula is C15H18O6. The molecule has 0 saturated carbocycles. The van der Waals surface area contributed by atoms with Gasteiger partial charge in [0.15, 0.2) is 18.5 Å². The van der Waals surface area contributed by atoms with Crippen LogP contribution in [0.15, 0.2) is 30.3 Å². The van der Waals surface area contributed by atoms with Crippen LogP contribution in [0.2, 0.25) is 0 Å². The van der Waals surface area contributed by atoms with Crippen molar-refractivity contribution in [2.24, 2.45) is 0 Å². The molecule has 0 aliphatic carbocycles. The molecule has 1 aromatic carbocycles. The molecule has 1 aliphatic heterocycles. The number of ether oxygens (including phenoxy) is 4. The Hall–Kier alpha value is -1.92. The van der Waals surface area contributed by atoms with Crippen LogP contribution in [0.3, 0.4) is 0 Å². The van der Waals surface area contributed by atoms with E-state index in [0.29, 0.717) is 0 Å². The molecular weight excluding hydrogens is 276 g/mol. The normalized spacial score (nSPS) is 22.0. The summed E-state index contributed by atoms with van der Waals surface area (Å²) in [5, 5.41) is 0. The summed E-state index contributed by atoms with van der Waals surface area (Å²) in [4.78, 5) is 23.8. The Morgan fingerprint density at radius 1 is 0.952 bits per heavy atom. The van der Waals surface area contributed by atoms with Crippen LogP contribution in [0.5, 0.6) is 0 Å². The topological polar surface area (TPSA) is 71.1 Å². The zero-order chi connectivity index (χ0) is 15.2. The van der Waals surface area contributed by atoms with Crippen LogP contribution in [-0.4, -0.2) is 37.4 Å². The van der Waals surface area contributed by atoms with Crippen molar-refractivity contribution >= 4 is 11.9 Å². The highest BCUT2D eigenvalue weighted by Gasteiger charge is 2.47. The van der Waals surface area contributed by atoms with Gasteiger partial charge in [0, 0.05) is 5.56 Å². The maximum absolute atomic E-state index is 11.9. The molecule has 1 aliphatic rings. The highest BCUT2D eigenvalue weighted by Crippen LogP contribution is 2.32. The van der Waals surface area contributed by atoms with Crippen molar-refractivity contribution in [2.45, 2.75) is 32.3 Å². The molecule has 0 bridgehead atoms. The Morgan fingerprint density at radius 2 is 1.43 bits per heavy atom. The molecule has 21 heavy (non-hydrogen) atoms. The maximum atomic E-state index is 11.9. The van der Waals surface area contributed by atoms with Crippen LogP contribution < -0.4 is 0 Å². The van der Waals surface area contributed by atoms with Crippen molar-refractivity contribution < 1.29 is 28.5 Å². The van der Waals surface area contributed by atoms with E-state index in [9.17, 15) is 9.59 Å². The second kappa shape index (κ2) is 7.19. The molecule has 114 valence electrons. The molecule has 6 nitrogen and oxygen atoms in total. The highest BCUT2D eigenvalue weighted by molar-refractivity contribution is 5.86. The molecule has 1 heterocycles.